The van der Waals surface area contributed by atoms with Crippen molar-refractivity contribution in [2.45, 2.75) is 25.4 Å². The second-order valence-corrected chi connectivity index (χ2v) is 6.48. The van der Waals surface area contributed by atoms with Crippen LogP contribution >= 0.6 is 0 Å². The number of benzene rings is 2. The van der Waals surface area contributed by atoms with E-state index in [0.717, 1.165) is 11.1 Å². The third-order valence-corrected chi connectivity index (χ3v) is 4.93. The molecule has 0 saturated carbocycles. The van der Waals surface area contributed by atoms with Crippen LogP contribution in [0.5, 0.6) is 0 Å². The number of piperidine rings is 1. The third-order valence-electron chi connectivity index (χ3n) is 4.93. The molecule has 0 aliphatic carbocycles. The molecule has 1 aliphatic rings. The Balaban J connectivity index is 1.85. The molecular formula is C18H18N3O5+. The van der Waals surface area contributed by atoms with E-state index in [0.29, 0.717) is 6.42 Å². The minimum Gasteiger partial charge on any atom is -0.333 e. The molecule has 2 N–H and O–H groups in total. The number of nitrogens with two attached hydrogens (primary N) is 1. The van der Waals surface area contributed by atoms with Crippen LogP contribution in [-0.2, 0) is 4.79 Å². The molecule has 8 heteroatoms. The normalized spacial score (nSPS) is 22.8. The van der Waals surface area contributed by atoms with Crippen LogP contribution < -0.4 is 5.32 Å². The molecule has 134 valence electrons. The number of nitro benzene ring substituents is 2. The van der Waals surface area contributed by atoms with Gasteiger partial charge in [-0.15, -0.1) is 0 Å². The SMILES string of the molecule is C[C@H]1C(=O)C[C@@H](c2ccc([N+](=O)[O-])cc2)[NH2+][C@@H]1c1ccc([N+](=O)[O-])cc1. The molecule has 3 rings (SSSR count). The van der Waals surface area contributed by atoms with Crippen LogP contribution in [0.1, 0.15) is 36.6 Å². The summed E-state index contributed by atoms with van der Waals surface area (Å²) in [5.41, 5.74) is 1.72. The van der Waals surface area contributed by atoms with Gasteiger partial charge in [-0.2, -0.15) is 0 Å². The Hall–Kier alpha value is -3.13. The highest BCUT2D eigenvalue weighted by Gasteiger charge is 2.38. The lowest BCUT2D eigenvalue weighted by Gasteiger charge is -2.32. The molecule has 2 aromatic carbocycles. The standard InChI is InChI=1S/C18H17N3O5/c1-11-17(22)10-16(12-2-6-14(7-3-12)20(23)24)19-18(11)13-4-8-15(9-5-13)21(25)26/h2-9,11,16,18-19H,10H2,1H3/p+1/t11-,16-,18-/m0/s1. The topological polar surface area (TPSA) is 120 Å². The Morgan fingerprint density at radius 2 is 1.35 bits per heavy atom. The van der Waals surface area contributed by atoms with Crippen LogP contribution in [0.25, 0.3) is 0 Å². The fraction of sp³-hybridized carbons (Fsp3) is 0.278. The molecule has 1 saturated heterocycles. The van der Waals surface area contributed by atoms with Crippen LogP contribution in [0.4, 0.5) is 11.4 Å². The summed E-state index contributed by atoms with van der Waals surface area (Å²) in [4.78, 5) is 33.2. The number of Topliss-reactive ketones (excluding diaryl/α,β-unsaturated/α-hetero) is 1. The number of rotatable bonds is 4. The maximum absolute atomic E-state index is 12.5. The first-order valence-corrected chi connectivity index (χ1v) is 8.23. The summed E-state index contributed by atoms with van der Waals surface area (Å²) in [6, 6.07) is 12.2. The van der Waals surface area contributed by atoms with E-state index in [2.05, 4.69) is 5.32 Å². The smallest absolute Gasteiger partial charge is 0.269 e. The Kier molecular flexibility index (Phi) is 4.77. The summed E-state index contributed by atoms with van der Waals surface area (Å²) in [5.74, 6) is -0.107. The quantitative estimate of drug-likeness (QED) is 0.666. The van der Waals surface area contributed by atoms with Crippen molar-refractivity contribution < 1.29 is 20.0 Å². The summed E-state index contributed by atoms with van der Waals surface area (Å²) >= 11 is 0. The van der Waals surface area contributed by atoms with Crippen molar-refractivity contribution in [2.24, 2.45) is 5.92 Å². The van der Waals surface area contributed by atoms with E-state index in [9.17, 15) is 25.0 Å². The maximum Gasteiger partial charge on any atom is 0.269 e. The van der Waals surface area contributed by atoms with Gasteiger partial charge < -0.3 is 5.32 Å². The van der Waals surface area contributed by atoms with E-state index in [4.69, 9.17) is 0 Å². The number of hydrogen-bond acceptors (Lipinski definition) is 5. The van der Waals surface area contributed by atoms with E-state index < -0.39 is 9.85 Å². The van der Waals surface area contributed by atoms with Gasteiger partial charge in [0.2, 0.25) is 0 Å². The lowest BCUT2D eigenvalue weighted by Crippen LogP contribution is -2.90. The largest absolute Gasteiger partial charge is 0.333 e. The maximum atomic E-state index is 12.5. The molecule has 0 radical (unpaired) electrons. The summed E-state index contributed by atoms with van der Waals surface area (Å²) < 4.78 is 0. The highest BCUT2D eigenvalue weighted by atomic mass is 16.6. The first-order valence-electron chi connectivity index (χ1n) is 8.23. The number of ketones is 1. The molecule has 26 heavy (non-hydrogen) atoms. The van der Waals surface area contributed by atoms with Gasteiger partial charge in [0.25, 0.3) is 11.4 Å². The van der Waals surface area contributed by atoms with Gasteiger partial charge in [0.05, 0.1) is 22.2 Å². The molecule has 8 nitrogen and oxygen atoms in total. The van der Waals surface area contributed by atoms with Gasteiger partial charge >= 0.3 is 0 Å². The molecule has 3 atom stereocenters. The highest BCUT2D eigenvalue weighted by Crippen LogP contribution is 2.30. The molecule has 2 aromatic rings. The number of quaternary nitrogens is 1. The van der Waals surface area contributed by atoms with Crippen molar-refractivity contribution in [3.63, 3.8) is 0 Å². The zero-order chi connectivity index (χ0) is 18.8. The molecule has 1 aliphatic heterocycles. The number of carbonyl (C=O) groups excluding carboxylic acids is 1. The molecule has 0 aromatic heterocycles. The van der Waals surface area contributed by atoms with Crippen molar-refractivity contribution in [1.82, 2.24) is 0 Å². The van der Waals surface area contributed by atoms with E-state index >= 15 is 0 Å². The van der Waals surface area contributed by atoms with Crippen molar-refractivity contribution in [1.29, 1.82) is 0 Å². The third kappa shape index (κ3) is 3.45. The highest BCUT2D eigenvalue weighted by molar-refractivity contribution is 5.82. The van der Waals surface area contributed by atoms with Crippen molar-refractivity contribution >= 4 is 17.2 Å². The zero-order valence-corrected chi connectivity index (χ0v) is 14.1. The molecule has 0 unspecified atom stereocenters. The predicted molar refractivity (Wildman–Crippen MR) is 92.4 cm³/mol. The van der Waals surface area contributed by atoms with E-state index in [1.54, 1.807) is 24.3 Å². The van der Waals surface area contributed by atoms with Gasteiger partial charge in [0.15, 0.2) is 0 Å². The van der Waals surface area contributed by atoms with Crippen LogP contribution in [0.15, 0.2) is 48.5 Å². The summed E-state index contributed by atoms with van der Waals surface area (Å²) in [7, 11) is 0. The van der Waals surface area contributed by atoms with E-state index in [1.165, 1.54) is 24.3 Å². The average molecular weight is 356 g/mol. The van der Waals surface area contributed by atoms with Gasteiger partial charge in [0.1, 0.15) is 17.9 Å². The lowest BCUT2D eigenvalue weighted by molar-refractivity contribution is -0.742. The monoisotopic (exact) mass is 356 g/mol. The number of hydrogen-bond donors (Lipinski definition) is 1. The second kappa shape index (κ2) is 7.01. The molecule has 0 amide bonds. The van der Waals surface area contributed by atoms with Crippen molar-refractivity contribution in [2.75, 3.05) is 0 Å². The molecule has 0 bridgehead atoms. The molecule has 0 spiro atoms. The van der Waals surface area contributed by atoms with Gasteiger partial charge in [-0.3, -0.25) is 25.0 Å². The van der Waals surface area contributed by atoms with Crippen molar-refractivity contribution in [3.05, 3.63) is 79.9 Å². The van der Waals surface area contributed by atoms with Gasteiger partial charge in [-0.25, -0.2) is 0 Å². The Labute approximate surface area is 149 Å². The number of carbonyl (C=O) groups is 1. The predicted octanol–water partition coefficient (Wildman–Crippen LogP) is 2.46. The molecular weight excluding hydrogens is 338 g/mol. The van der Waals surface area contributed by atoms with Crippen LogP contribution in [0, 0.1) is 26.1 Å². The Morgan fingerprint density at radius 3 is 1.81 bits per heavy atom. The van der Waals surface area contributed by atoms with Crippen LogP contribution in [0.2, 0.25) is 0 Å². The number of non-ortho nitro benzene ring substituents is 2. The van der Waals surface area contributed by atoms with Gasteiger partial charge in [-0.1, -0.05) is 0 Å². The first-order chi connectivity index (χ1) is 12.4. The van der Waals surface area contributed by atoms with Crippen molar-refractivity contribution in [3.8, 4) is 0 Å². The van der Waals surface area contributed by atoms with E-state index in [1.807, 2.05) is 6.92 Å². The van der Waals surface area contributed by atoms with Crippen LogP contribution in [-0.4, -0.2) is 15.6 Å². The van der Waals surface area contributed by atoms with Gasteiger partial charge in [-0.05, 0) is 31.2 Å². The molecule has 1 heterocycles. The van der Waals surface area contributed by atoms with E-state index in [-0.39, 0.29) is 35.2 Å². The summed E-state index contributed by atoms with van der Waals surface area (Å²) in [5, 5.41) is 23.7. The minimum atomic E-state index is -0.457. The van der Waals surface area contributed by atoms with Crippen LogP contribution in [0.3, 0.4) is 0 Å². The molecule has 1 fully saturated rings. The zero-order valence-electron chi connectivity index (χ0n) is 14.1. The Morgan fingerprint density at radius 1 is 0.885 bits per heavy atom. The number of nitro groups is 2. The fourth-order valence-electron chi connectivity index (χ4n) is 3.38. The van der Waals surface area contributed by atoms with Gasteiger partial charge in [0, 0.05) is 35.4 Å². The summed E-state index contributed by atoms with van der Waals surface area (Å²) in [6.07, 6.45) is 0.350. The lowest BCUT2D eigenvalue weighted by atomic mass is 9.82. The Bertz CT molecular complexity index is 848. The number of nitrogens with zero attached hydrogens (tertiary/aromatic N) is 2. The second-order valence-electron chi connectivity index (χ2n) is 6.48. The minimum absolute atomic E-state index is 0.00968. The first kappa shape index (κ1) is 17.7. The average Bonchev–Trinajstić information content (AvgIpc) is 2.64. The summed E-state index contributed by atoms with van der Waals surface area (Å²) in [6.45, 7) is 1.86. The fourth-order valence-corrected chi connectivity index (χ4v) is 3.38.